The Hall–Kier alpha value is -1.36. The maximum Gasteiger partial charge on any atom is 0.248 e. The molecule has 0 spiro atoms. The molecule has 1 atom stereocenters. The van der Waals surface area contributed by atoms with E-state index in [2.05, 4.69) is 24.4 Å². The number of carbonyl (C=O) groups is 2. The Labute approximate surface area is 124 Å². The number of nitrogens with one attached hydrogen (secondary N) is 1. The van der Waals surface area contributed by atoms with Crippen LogP contribution >= 0.6 is 11.3 Å². The fourth-order valence-corrected chi connectivity index (χ4v) is 3.44. The Balaban J connectivity index is 2.22. The molecular weight excluding hydrogens is 272 g/mol. The number of hydrogen-bond acceptors (Lipinski definition) is 3. The Morgan fingerprint density at radius 1 is 1.35 bits per heavy atom. The van der Waals surface area contributed by atoms with Crippen molar-refractivity contribution in [2.24, 2.45) is 0 Å². The van der Waals surface area contributed by atoms with Crippen LogP contribution in [-0.2, 0) is 22.6 Å². The van der Waals surface area contributed by atoms with Gasteiger partial charge in [-0.15, -0.1) is 11.3 Å². The van der Waals surface area contributed by atoms with Crippen molar-refractivity contribution >= 4 is 23.2 Å². The van der Waals surface area contributed by atoms with Crippen molar-refractivity contribution in [3.05, 3.63) is 21.9 Å². The summed E-state index contributed by atoms with van der Waals surface area (Å²) in [6.07, 6.45) is 1.38. The van der Waals surface area contributed by atoms with E-state index < -0.39 is 5.54 Å². The average Bonchev–Trinajstić information content (AvgIpc) is 2.78. The molecule has 1 aliphatic heterocycles. The highest BCUT2D eigenvalue weighted by Gasteiger charge is 2.39. The van der Waals surface area contributed by atoms with Crippen LogP contribution in [0.25, 0.3) is 0 Å². The zero-order valence-corrected chi connectivity index (χ0v) is 13.3. The third-order valence-corrected chi connectivity index (χ3v) is 4.87. The molecule has 0 radical (unpaired) electrons. The summed E-state index contributed by atoms with van der Waals surface area (Å²) in [6.45, 7) is 8.19. The fourth-order valence-electron chi connectivity index (χ4n) is 2.48. The summed E-state index contributed by atoms with van der Waals surface area (Å²) in [4.78, 5) is 28.8. The normalized spacial score (nSPS) is 22.6. The van der Waals surface area contributed by atoms with Crippen molar-refractivity contribution in [2.75, 3.05) is 0 Å². The number of rotatable bonds is 3. The minimum absolute atomic E-state index is 0.0118. The summed E-state index contributed by atoms with van der Waals surface area (Å²) in [7, 11) is 0. The Morgan fingerprint density at radius 3 is 2.60 bits per heavy atom. The maximum atomic E-state index is 12.6. The van der Waals surface area contributed by atoms with Gasteiger partial charge < -0.3 is 10.2 Å². The molecule has 1 fully saturated rings. The van der Waals surface area contributed by atoms with Crippen LogP contribution < -0.4 is 5.32 Å². The molecule has 2 heterocycles. The highest BCUT2D eigenvalue weighted by molar-refractivity contribution is 7.11. The van der Waals surface area contributed by atoms with Gasteiger partial charge in [-0.05, 0) is 39.3 Å². The van der Waals surface area contributed by atoms with Crippen LogP contribution in [0.3, 0.4) is 0 Å². The summed E-state index contributed by atoms with van der Waals surface area (Å²) in [5, 5.41) is 2.80. The quantitative estimate of drug-likeness (QED) is 0.930. The molecular formula is C15H22N2O2S. The first-order chi connectivity index (χ1) is 9.33. The lowest BCUT2D eigenvalue weighted by atomic mass is 10.0. The Bertz CT molecular complexity index is 522. The number of carbonyl (C=O) groups excluding carboxylic acids is 2. The minimum atomic E-state index is -0.827. The van der Waals surface area contributed by atoms with E-state index in [1.807, 2.05) is 11.8 Å². The first-order valence-corrected chi connectivity index (χ1v) is 7.85. The molecule has 2 amide bonds. The second-order valence-electron chi connectivity index (χ2n) is 5.88. The SMILES string of the molecule is CCc1ccc(CN2C(=O)C(C)(C)NC(=O)CC2C)s1. The minimum Gasteiger partial charge on any atom is -0.342 e. The van der Waals surface area contributed by atoms with E-state index >= 15 is 0 Å². The van der Waals surface area contributed by atoms with Crippen molar-refractivity contribution in [1.29, 1.82) is 0 Å². The molecule has 1 N–H and O–H groups in total. The zero-order valence-electron chi connectivity index (χ0n) is 12.5. The molecule has 110 valence electrons. The largest absolute Gasteiger partial charge is 0.342 e. The monoisotopic (exact) mass is 294 g/mol. The molecule has 20 heavy (non-hydrogen) atoms. The van der Waals surface area contributed by atoms with E-state index in [0.717, 1.165) is 6.42 Å². The highest BCUT2D eigenvalue weighted by Crippen LogP contribution is 2.24. The van der Waals surface area contributed by atoms with Gasteiger partial charge in [-0.3, -0.25) is 9.59 Å². The Morgan fingerprint density at radius 2 is 2.00 bits per heavy atom. The van der Waals surface area contributed by atoms with Crippen LogP contribution in [-0.4, -0.2) is 28.3 Å². The molecule has 2 rings (SSSR count). The van der Waals surface area contributed by atoms with Gasteiger partial charge in [0.1, 0.15) is 5.54 Å². The second kappa shape index (κ2) is 5.56. The van der Waals surface area contributed by atoms with E-state index in [1.165, 1.54) is 9.75 Å². The van der Waals surface area contributed by atoms with E-state index in [-0.39, 0.29) is 17.9 Å². The molecule has 1 unspecified atom stereocenters. The van der Waals surface area contributed by atoms with Crippen molar-refractivity contribution in [3.63, 3.8) is 0 Å². The molecule has 1 aromatic rings. The second-order valence-corrected chi connectivity index (χ2v) is 7.13. The molecule has 4 nitrogen and oxygen atoms in total. The van der Waals surface area contributed by atoms with Crippen molar-refractivity contribution in [1.82, 2.24) is 10.2 Å². The summed E-state index contributed by atoms with van der Waals surface area (Å²) in [5.41, 5.74) is -0.827. The van der Waals surface area contributed by atoms with E-state index in [4.69, 9.17) is 0 Å². The van der Waals surface area contributed by atoms with Crippen molar-refractivity contribution < 1.29 is 9.59 Å². The number of nitrogens with zero attached hydrogens (tertiary/aromatic N) is 1. The van der Waals surface area contributed by atoms with Gasteiger partial charge in [-0.25, -0.2) is 0 Å². The summed E-state index contributed by atoms with van der Waals surface area (Å²) in [5.74, 6) is -0.0684. The molecule has 0 aromatic carbocycles. The first kappa shape index (κ1) is 15.0. The lowest BCUT2D eigenvalue weighted by Gasteiger charge is -2.31. The molecule has 0 bridgehead atoms. The topological polar surface area (TPSA) is 49.4 Å². The predicted octanol–water partition coefficient (Wildman–Crippen LogP) is 2.33. The molecule has 1 saturated heterocycles. The third kappa shape index (κ3) is 3.03. The van der Waals surface area contributed by atoms with E-state index in [1.54, 1.807) is 25.2 Å². The lowest BCUT2D eigenvalue weighted by Crippen LogP contribution is -2.53. The van der Waals surface area contributed by atoms with Gasteiger partial charge in [-0.1, -0.05) is 6.92 Å². The maximum absolute atomic E-state index is 12.6. The summed E-state index contributed by atoms with van der Waals surface area (Å²) in [6, 6.07) is 4.12. The number of thiophene rings is 1. The predicted molar refractivity (Wildman–Crippen MR) is 80.5 cm³/mol. The van der Waals surface area contributed by atoms with Gasteiger partial charge in [0, 0.05) is 22.2 Å². The molecule has 1 aromatic heterocycles. The Kier molecular flexibility index (Phi) is 4.18. The van der Waals surface area contributed by atoms with Gasteiger partial charge in [0.25, 0.3) is 0 Å². The van der Waals surface area contributed by atoms with Crippen LogP contribution in [0.2, 0.25) is 0 Å². The average molecular weight is 294 g/mol. The summed E-state index contributed by atoms with van der Waals surface area (Å²) >= 11 is 1.74. The van der Waals surface area contributed by atoms with Crippen LogP contribution in [0.5, 0.6) is 0 Å². The summed E-state index contributed by atoms with van der Waals surface area (Å²) < 4.78 is 0. The lowest BCUT2D eigenvalue weighted by molar-refractivity contribution is -0.139. The number of amides is 2. The van der Waals surface area contributed by atoms with Crippen LogP contribution in [0.15, 0.2) is 12.1 Å². The molecule has 1 aliphatic rings. The first-order valence-electron chi connectivity index (χ1n) is 7.03. The molecule has 5 heteroatoms. The number of aryl methyl sites for hydroxylation is 1. The van der Waals surface area contributed by atoms with E-state index in [0.29, 0.717) is 13.0 Å². The smallest absolute Gasteiger partial charge is 0.248 e. The molecule has 0 saturated carbocycles. The van der Waals surface area contributed by atoms with Gasteiger partial charge >= 0.3 is 0 Å². The van der Waals surface area contributed by atoms with Gasteiger partial charge in [-0.2, -0.15) is 0 Å². The standard InChI is InChI=1S/C15H22N2O2S/c1-5-11-6-7-12(20-11)9-17-10(2)8-13(18)16-15(3,4)14(17)19/h6-7,10H,5,8-9H2,1-4H3,(H,16,18). The van der Waals surface area contributed by atoms with Crippen molar-refractivity contribution in [3.8, 4) is 0 Å². The molecule has 0 aliphatic carbocycles. The van der Waals surface area contributed by atoms with Gasteiger partial charge in [0.05, 0.1) is 6.54 Å². The fraction of sp³-hybridized carbons (Fsp3) is 0.600. The van der Waals surface area contributed by atoms with Crippen LogP contribution in [0.4, 0.5) is 0 Å². The van der Waals surface area contributed by atoms with E-state index in [9.17, 15) is 9.59 Å². The van der Waals surface area contributed by atoms with Gasteiger partial charge in [0.15, 0.2) is 0 Å². The van der Waals surface area contributed by atoms with Crippen LogP contribution in [0.1, 0.15) is 43.9 Å². The number of hydrogen-bond donors (Lipinski definition) is 1. The van der Waals surface area contributed by atoms with Crippen molar-refractivity contribution in [2.45, 2.75) is 58.7 Å². The zero-order chi connectivity index (χ0) is 14.9. The highest BCUT2D eigenvalue weighted by atomic mass is 32.1. The third-order valence-electron chi connectivity index (χ3n) is 3.65. The van der Waals surface area contributed by atoms with Crippen LogP contribution in [0, 0.1) is 0 Å². The van der Waals surface area contributed by atoms with Gasteiger partial charge in [0.2, 0.25) is 11.8 Å².